The van der Waals surface area contributed by atoms with Crippen molar-refractivity contribution in [3.05, 3.63) is 48.3 Å². The minimum atomic E-state index is -5.69. The summed E-state index contributed by atoms with van der Waals surface area (Å²) in [6.45, 7) is 2.11. The average Bonchev–Trinajstić information content (AvgIpc) is 2.37. The largest absolute Gasteiger partial charge is 0.368 e. The molecule has 0 fully saturated rings. The Balaban J connectivity index is 0.000000257. The van der Waals surface area contributed by atoms with E-state index in [1.54, 1.807) is 0 Å². The lowest BCUT2D eigenvalue weighted by molar-refractivity contribution is -1.92. The number of fused-ring (bicyclic) bond motifs is 3. The minimum absolute atomic E-state index is 0.985. The highest BCUT2D eigenvalue weighted by Gasteiger charge is 2.11. The zero-order valence-electron chi connectivity index (χ0n) is 10.5. The van der Waals surface area contributed by atoms with Crippen LogP contribution in [0.4, 0.5) is 0 Å². The first kappa shape index (κ1) is 15.0. The maximum absolute atomic E-state index is 8.73. The molecule has 1 aromatic carbocycles. The van der Waals surface area contributed by atoms with Crippen molar-refractivity contribution in [2.75, 3.05) is 0 Å². The summed E-state index contributed by atoms with van der Waals surface area (Å²) in [5.74, 6) is 0. The second-order valence-electron chi connectivity index (χ2n) is 4.06. The number of hydrogen-bond acceptors (Lipinski definition) is 6. The van der Waals surface area contributed by atoms with Crippen molar-refractivity contribution in [1.82, 2.24) is 9.97 Å². The van der Waals surface area contributed by atoms with Gasteiger partial charge in [0.2, 0.25) is 0 Å². The fourth-order valence-corrected chi connectivity index (χ4v) is 1.96. The summed E-state index contributed by atoms with van der Waals surface area (Å²) in [6, 6.07) is 10.2. The van der Waals surface area contributed by atoms with Crippen LogP contribution in [-0.4, -0.2) is 13.4 Å². The molecule has 0 amide bonds. The summed E-state index contributed by atoms with van der Waals surface area (Å²) in [4.78, 5) is 8.80. The van der Waals surface area contributed by atoms with Gasteiger partial charge in [-0.3, -0.25) is 20.3 Å². The summed E-state index contributed by atoms with van der Waals surface area (Å²) < 4.78 is 33.2. The molecule has 1 N–H and O–H groups in total. The molecule has 0 unspecified atom stereocenters. The Morgan fingerprint density at radius 2 is 1.55 bits per heavy atom. The van der Waals surface area contributed by atoms with E-state index >= 15 is 0 Å². The quantitative estimate of drug-likeness (QED) is 0.311. The highest BCUT2D eigenvalue weighted by Crippen LogP contribution is 2.24. The second-order valence-corrected chi connectivity index (χ2v) is 6.32. The molecule has 0 radical (unpaired) electrons. The van der Waals surface area contributed by atoms with Crippen molar-refractivity contribution in [3.8, 4) is 0 Å². The third-order valence-electron chi connectivity index (χ3n) is 2.67. The van der Waals surface area contributed by atoms with Crippen LogP contribution in [0, 0.1) is 6.92 Å². The van der Waals surface area contributed by atoms with Crippen molar-refractivity contribution < 1.29 is 33.8 Å². The van der Waals surface area contributed by atoms with Gasteiger partial charge in [0.1, 0.15) is 0 Å². The van der Waals surface area contributed by atoms with Gasteiger partial charge in [0.15, 0.2) is 0 Å². The number of aromatic nitrogens is 2. The molecule has 7 heteroatoms. The van der Waals surface area contributed by atoms with E-state index in [9.17, 15) is 0 Å². The topological polar surface area (TPSA) is 115 Å². The highest BCUT2D eigenvalue weighted by atomic mass is 127. The van der Waals surface area contributed by atoms with Crippen LogP contribution < -0.4 is 30.4 Å². The maximum Gasteiger partial charge on any atom is 0.368 e. The second kappa shape index (κ2) is 5.94. The van der Waals surface area contributed by atoms with Gasteiger partial charge >= 0.3 is 20.1 Å². The molecule has 0 atom stereocenters. The number of hydrogen-bond donors (Lipinski definition) is 1. The highest BCUT2D eigenvalue weighted by molar-refractivity contribution is 6.04. The fraction of sp³-hybridized carbons (Fsp3) is 0.0769. The van der Waals surface area contributed by atoms with Crippen molar-refractivity contribution in [2.45, 2.75) is 6.92 Å². The van der Waals surface area contributed by atoms with E-state index in [4.69, 9.17) is 13.7 Å². The van der Waals surface area contributed by atoms with Gasteiger partial charge in [-0.25, -0.2) is 0 Å². The zero-order chi connectivity index (χ0) is 14.8. The Labute approximate surface area is 121 Å². The first-order valence-corrected chi connectivity index (χ1v) is 9.19. The number of pyridine rings is 2. The smallest absolute Gasteiger partial charge is 0.256 e. The van der Waals surface area contributed by atoms with E-state index in [1.807, 2.05) is 24.5 Å². The van der Waals surface area contributed by atoms with Gasteiger partial charge in [-0.05, 0) is 30.7 Å². The molecule has 0 saturated carbocycles. The van der Waals surface area contributed by atoms with E-state index in [1.165, 1.54) is 10.9 Å². The third kappa shape index (κ3) is 3.81. The number of halogens is 1. The lowest BCUT2D eigenvalue weighted by Gasteiger charge is -2.04. The molecule has 6 nitrogen and oxygen atoms in total. The first-order valence-electron chi connectivity index (χ1n) is 5.58. The molecular formula is C13H11IN2O4. The van der Waals surface area contributed by atoms with E-state index in [0.29, 0.717) is 0 Å². The molecule has 0 aliphatic rings. The third-order valence-corrected chi connectivity index (χ3v) is 2.67. The predicted molar refractivity (Wildman–Crippen MR) is 64.0 cm³/mol. The Hall–Kier alpha value is -1.39. The lowest BCUT2D eigenvalue weighted by Crippen LogP contribution is -4.23. The van der Waals surface area contributed by atoms with E-state index in [0.717, 1.165) is 16.4 Å². The van der Waals surface area contributed by atoms with Gasteiger partial charge in [0.05, 0.1) is 11.0 Å². The van der Waals surface area contributed by atoms with Gasteiger partial charge in [0, 0.05) is 26.6 Å². The molecule has 3 rings (SSSR count). The van der Waals surface area contributed by atoms with Crippen molar-refractivity contribution in [1.29, 1.82) is 0 Å². The minimum Gasteiger partial charge on any atom is -0.256 e. The molecule has 0 bridgehead atoms. The standard InChI is InChI=1S/C13H10N2.HIO4/c1-9-8-10-4-2-6-14-12(10)13-11(9)5-3-7-15-13;2-1(3,4)5/h2-8H,1H3;2H. The zero-order valence-corrected chi connectivity index (χ0v) is 12.6. The molecule has 3 aromatic rings. The normalized spacial score (nSPS) is 11.2. The van der Waals surface area contributed by atoms with Crippen LogP contribution in [0.1, 0.15) is 5.56 Å². The summed E-state index contributed by atoms with van der Waals surface area (Å²) in [5, 5.41) is 2.34. The first-order chi connectivity index (χ1) is 9.36. The fourth-order valence-electron chi connectivity index (χ4n) is 1.96. The van der Waals surface area contributed by atoms with Crippen molar-refractivity contribution in [3.63, 3.8) is 0 Å². The van der Waals surface area contributed by atoms with E-state index in [-0.39, 0.29) is 0 Å². The molecule has 0 saturated heterocycles. The molecule has 20 heavy (non-hydrogen) atoms. The SMILES string of the molecule is Cc1cc2cccnc2c2ncccc12.[O-][I+3]([O-])([O-])O. The lowest BCUT2D eigenvalue weighted by atomic mass is 10.1. The van der Waals surface area contributed by atoms with E-state index < -0.39 is 20.1 Å². The number of aryl methyl sites for hydroxylation is 1. The van der Waals surface area contributed by atoms with E-state index in [2.05, 4.69) is 35.1 Å². The van der Waals surface area contributed by atoms with Crippen LogP contribution in [0.2, 0.25) is 0 Å². The molecule has 2 aromatic heterocycles. The number of nitrogens with zero attached hydrogens (tertiary/aromatic N) is 2. The van der Waals surface area contributed by atoms with Gasteiger partial charge < -0.3 is 0 Å². The summed E-state index contributed by atoms with van der Waals surface area (Å²) in [5.41, 5.74) is 3.23. The molecule has 0 spiro atoms. The Morgan fingerprint density at radius 1 is 1.00 bits per heavy atom. The van der Waals surface area contributed by atoms with Gasteiger partial charge in [-0.1, -0.05) is 12.1 Å². The Morgan fingerprint density at radius 3 is 2.20 bits per heavy atom. The molecule has 2 heterocycles. The molecule has 104 valence electrons. The molecular weight excluding hydrogens is 375 g/mol. The van der Waals surface area contributed by atoms with Gasteiger partial charge in [-0.2, -0.15) is 0 Å². The van der Waals surface area contributed by atoms with Crippen LogP contribution in [0.15, 0.2) is 42.7 Å². The van der Waals surface area contributed by atoms with Crippen molar-refractivity contribution >= 4 is 21.8 Å². The number of benzene rings is 1. The monoisotopic (exact) mass is 386 g/mol. The summed E-state index contributed by atoms with van der Waals surface area (Å²) >= 11 is -5.69. The maximum atomic E-state index is 8.73. The van der Waals surface area contributed by atoms with Crippen LogP contribution in [0.25, 0.3) is 21.8 Å². The Kier molecular flexibility index (Phi) is 4.45. The van der Waals surface area contributed by atoms with Crippen LogP contribution in [0.3, 0.4) is 0 Å². The van der Waals surface area contributed by atoms with Crippen LogP contribution in [-0.2, 0) is 0 Å². The molecule has 0 aliphatic heterocycles. The van der Waals surface area contributed by atoms with Crippen LogP contribution >= 0.6 is 0 Å². The summed E-state index contributed by atoms with van der Waals surface area (Å²) in [6.07, 6.45) is 3.63. The van der Waals surface area contributed by atoms with Crippen LogP contribution in [0.5, 0.6) is 0 Å². The average molecular weight is 386 g/mol. The number of rotatable bonds is 0. The Bertz CT molecular complexity index is 737. The predicted octanol–water partition coefficient (Wildman–Crippen LogP) is -4.03. The summed E-state index contributed by atoms with van der Waals surface area (Å²) in [7, 11) is 0. The van der Waals surface area contributed by atoms with Gasteiger partial charge in [-0.15, -0.1) is 0 Å². The van der Waals surface area contributed by atoms with Gasteiger partial charge in [0.25, 0.3) is 0 Å². The van der Waals surface area contributed by atoms with Crippen molar-refractivity contribution in [2.24, 2.45) is 0 Å². The molecule has 0 aliphatic carbocycles.